The van der Waals surface area contributed by atoms with E-state index in [2.05, 4.69) is 15.0 Å². The van der Waals surface area contributed by atoms with E-state index in [-0.39, 0.29) is 11.8 Å². The number of aromatic nitrogens is 2. The number of rotatable bonds is 4. The number of hydrogen-bond donors (Lipinski definition) is 0. The average molecular weight is 332 g/mol. The molecule has 4 heterocycles. The van der Waals surface area contributed by atoms with E-state index in [1.807, 2.05) is 22.4 Å². The Hall–Kier alpha value is -1.73. The molecule has 2 saturated heterocycles. The molecule has 0 saturated carbocycles. The summed E-state index contributed by atoms with van der Waals surface area (Å²) in [6.45, 7) is 4.01. The molecule has 0 aliphatic carbocycles. The topological polar surface area (TPSA) is 62.5 Å². The van der Waals surface area contributed by atoms with E-state index in [4.69, 9.17) is 4.52 Å². The zero-order valence-corrected chi connectivity index (χ0v) is 13.8. The highest BCUT2D eigenvalue weighted by Crippen LogP contribution is 2.28. The summed E-state index contributed by atoms with van der Waals surface area (Å²) in [5, 5.41) is 6.05. The van der Waals surface area contributed by atoms with Gasteiger partial charge in [0, 0.05) is 26.2 Å². The van der Waals surface area contributed by atoms with Crippen molar-refractivity contribution in [1.29, 1.82) is 0 Å². The van der Waals surface area contributed by atoms with Gasteiger partial charge in [0.15, 0.2) is 0 Å². The number of amides is 1. The first-order valence-corrected chi connectivity index (χ1v) is 9.05. The maximum Gasteiger partial charge on any atom is 0.236 e. The van der Waals surface area contributed by atoms with Gasteiger partial charge in [-0.1, -0.05) is 11.2 Å². The van der Waals surface area contributed by atoms with Gasteiger partial charge >= 0.3 is 0 Å². The Morgan fingerprint density at radius 1 is 1.30 bits per heavy atom. The first-order valence-electron chi connectivity index (χ1n) is 8.17. The monoisotopic (exact) mass is 332 g/mol. The van der Waals surface area contributed by atoms with Crippen LogP contribution >= 0.6 is 11.3 Å². The summed E-state index contributed by atoms with van der Waals surface area (Å²) in [5.41, 5.74) is 0. The lowest BCUT2D eigenvalue weighted by atomic mass is 10.00. The fourth-order valence-electron chi connectivity index (χ4n) is 3.20. The number of hydrogen-bond acceptors (Lipinski definition) is 6. The lowest BCUT2D eigenvalue weighted by Crippen LogP contribution is -2.51. The van der Waals surface area contributed by atoms with Crippen LogP contribution < -0.4 is 0 Å². The van der Waals surface area contributed by atoms with Gasteiger partial charge in [0.1, 0.15) is 0 Å². The third-order valence-electron chi connectivity index (χ3n) is 4.56. The third-order valence-corrected chi connectivity index (χ3v) is 5.42. The van der Waals surface area contributed by atoms with Gasteiger partial charge in [-0.15, -0.1) is 11.3 Å². The van der Waals surface area contributed by atoms with Crippen LogP contribution in [-0.4, -0.2) is 58.6 Å². The van der Waals surface area contributed by atoms with Crippen molar-refractivity contribution >= 4 is 17.2 Å². The minimum atomic E-state index is 0.255. The van der Waals surface area contributed by atoms with E-state index in [0.29, 0.717) is 18.3 Å². The molecule has 122 valence electrons. The number of thiophene rings is 1. The Kier molecular flexibility index (Phi) is 4.13. The molecule has 6 nitrogen and oxygen atoms in total. The van der Waals surface area contributed by atoms with Crippen LogP contribution in [0.3, 0.4) is 0 Å². The van der Waals surface area contributed by atoms with Gasteiger partial charge < -0.3 is 9.42 Å². The van der Waals surface area contributed by atoms with E-state index in [1.165, 1.54) is 6.42 Å². The number of nitrogens with zero attached hydrogens (tertiary/aromatic N) is 4. The van der Waals surface area contributed by atoms with E-state index in [9.17, 15) is 4.79 Å². The van der Waals surface area contributed by atoms with Crippen LogP contribution in [0, 0.1) is 0 Å². The van der Waals surface area contributed by atoms with Gasteiger partial charge in [0.2, 0.25) is 17.6 Å². The van der Waals surface area contributed by atoms with Crippen LogP contribution in [-0.2, 0) is 4.79 Å². The molecule has 0 aromatic carbocycles. The average Bonchev–Trinajstić information content (AvgIpc) is 3.22. The van der Waals surface area contributed by atoms with Gasteiger partial charge in [-0.25, -0.2) is 0 Å². The second-order valence-electron chi connectivity index (χ2n) is 6.27. The zero-order chi connectivity index (χ0) is 15.6. The lowest BCUT2D eigenvalue weighted by Gasteiger charge is -2.38. The largest absolute Gasteiger partial charge is 0.342 e. The van der Waals surface area contributed by atoms with Gasteiger partial charge in [0.25, 0.3) is 0 Å². The SMILES string of the molecule is O=C(CN1CC(c2nc(-c3cccs3)no2)C1)N1CCCCC1. The summed E-state index contributed by atoms with van der Waals surface area (Å²) in [7, 11) is 0. The Morgan fingerprint density at radius 3 is 2.87 bits per heavy atom. The molecule has 2 aromatic heterocycles. The van der Waals surface area contributed by atoms with Crippen molar-refractivity contribution in [2.24, 2.45) is 0 Å². The summed E-state index contributed by atoms with van der Waals surface area (Å²) < 4.78 is 5.39. The molecule has 7 heteroatoms. The van der Waals surface area contributed by atoms with Gasteiger partial charge in [-0.2, -0.15) is 4.98 Å². The molecule has 4 rings (SSSR count). The van der Waals surface area contributed by atoms with Crippen molar-refractivity contribution in [3.8, 4) is 10.7 Å². The Morgan fingerprint density at radius 2 is 2.13 bits per heavy atom. The molecule has 2 aliphatic rings. The van der Waals surface area contributed by atoms with Crippen LogP contribution in [0.2, 0.25) is 0 Å². The van der Waals surface area contributed by atoms with Gasteiger partial charge in [-0.05, 0) is 30.7 Å². The number of likely N-dealkylation sites (tertiary alicyclic amines) is 2. The first-order chi connectivity index (χ1) is 11.3. The maximum absolute atomic E-state index is 12.2. The minimum absolute atomic E-state index is 0.255. The summed E-state index contributed by atoms with van der Waals surface area (Å²) >= 11 is 1.61. The predicted molar refractivity (Wildman–Crippen MR) is 87.2 cm³/mol. The molecule has 0 atom stereocenters. The molecule has 2 aliphatic heterocycles. The number of carbonyl (C=O) groups is 1. The normalized spacial score (nSPS) is 19.7. The molecule has 0 radical (unpaired) electrons. The fraction of sp³-hybridized carbons (Fsp3) is 0.562. The van der Waals surface area contributed by atoms with E-state index < -0.39 is 0 Å². The van der Waals surface area contributed by atoms with E-state index in [1.54, 1.807) is 11.3 Å². The Bertz CT molecular complexity index is 657. The van der Waals surface area contributed by atoms with Gasteiger partial charge in [0.05, 0.1) is 17.3 Å². The van der Waals surface area contributed by atoms with Crippen molar-refractivity contribution in [3.05, 3.63) is 23.4 Å². The van der Waals surface area contributed by atoms with E-state index >= 15 is 0 Å². The fourth-order valence-corrected chi connectivity index (χ4v) is 3.85. The zero-order valence-electron chi connectivity index (χ0n) is 13.0. The van der Waals surface area contributed by atoms with Crippen LogP contribution in [0.1, 0.15) is 31.1 Å². The highest BCUT2D eigenvalue weighted by atomic mass is 32.1. The number of carbonyl (C=O) groups excluding carboxylic acids is 1. The smallest absolute Gasteiger partial charge is 0.236 e. The van der Waals surface area contributed by atoms with Crippen LogP contribution in [0.25, 0.3) is 10.7 Å². The molecule has 0 N–H and O–H groups in total. The van der Waals surface area contributed by atoms with Crippen molar-refractivity contribution in [2.45, 2.75) is 25.2 Å². The Balaban J connectivity index is 1.29. The second-order valence-corrected chi connectivity index (χ2v) is 7.21. The summed E-state index contributed by atoms with van der Waals surface area (Å²) in [4.78, 5) is 21.9. The summed E-state index contributed by atoms with van der Waals surface area (Å²) in [6, 6.07) is 3.97. The second kappa shape index (κ2) is 6.41. The molecular weight excluding hydrogens is 312 g/mol. The van der Waals surface area contributed by atoms with Crippen molar-refractivity contribution in [1.82, 2.24) is 19.9 Å². The van der Waals surface area contributed by atoms with Crippen LogP contribution in [0.15, 0.2) is 22.0 Å². The number of piperidine rings is 1. The molecule has 23 heavy (non-hydrogen) atoms. The quantitative estimate of drug-likeness (QED) is 0.859. The van der Waals surface area contributed by atoms with Crippen molar-refractivity contribution in [3.63, 3.8) is 0 Å². The molecule has 0 unspecified atom stereocenters. The Labute approximate surface area is 139 Å². The van der Waals surface area contributed by atoms with Crippen LogP contribution in [0.4, 0.5) is 0 Å². The minimum Gasteiger partial charge on any atom is -0.342 e. The lowest BCUT2D eigenvalue weighted by molar-refractivity contribution is -0.134. The van der Waals surface area contributed by atoms with E-state index in [0.717, 1.165) is 43.9 Å². The molecule has 0 bridgehead atoms. The van der Waals surface area contributed by atoms with Gasteiger partial charge in [-0.3, -0.25) is 9.69 Å². The predicted octanol–water partition coefficient (Wildman–Crippen LogP) is 2.21. The van der Waals surface area contributed by atoms with Crippen molar-refractivity contribution < 1.29 is 9.32 Å². The highest BCUT2D eigenvalue weighted by molar-refractivity contribution is 7.13. The molecular formula is C16H20N4O2S. The highest BCUT2D eigenvalue weighted by Gasteiger charge is 2.34. The molecule has 0 spiro atoms. The maximum atomic E-state index is 12.2. The van der Waals surface area contributed by atoms with Crippen molar-refractivity contribution in [2.75, 3.05) is 32.7 Å². The summed E-state index contributed by atoms with van der Waals surface area (Å²) in [6.07, 6.45) is 3.53. The molecule has 1 amide bonds. The molecule has 2 aromatic rings. The summed E-state index contributed by atoms with van der Waals surface area (Å²) in [5.74, 6) is 1.87. The molecule has 2 fully saturated rings. The first kappa shape index (κ1) is 14.8. The standard InChI is InChI=1S/C16H20N4O2S/c21-14(20-6-2-1-3-7-20)11-19-9-12(10-19)16-17-15(18-22-16)13-5-4-8-23-13/h4-5,8,12H,1-3,6-7,9-11H2. The van der Waals surface area contributed by atoms with Crippen LogP contribution in [0.5, 0.6) is 0 Å². The third kappa shape index (κ3) is 3.16.